The fourth-order valence-electron chi connectivity index (χ4n) is 2.98. The summed E-state index contributed by atoms with van der Waals surface area (Å²) in [5.41, 5.74) is 5.26. The maximum atomic E-state index is 12.4. The molecule has 0 atom stereocenters. The molecular weight excluding hydrogens is 296 g/mol. The fourth-order valence-corrected chi connectivity index (χ4v) is 2.98. The van der Waals surface area contributed by atoms with Gasteiger partial charge in [0.05, 0.1) is 13.1 Å². The molecule has 0 unspecified atom stereocenters. The lowest BCUT2D eigenvalue weighted by atomic mass is 10.2. The first kappa shape index (κ1) is 17.7. The molecule has 1 saturated heterocycles. The maximum Gasteiger partial charge on any atom is 0.236 e. The molecule has 7 heteroatoms. The van der Waals surface area contributed by atoms with Crippen molar-refractivity contribution in [3.8, 4) is 0 Å². The van der Waals surface area contributed by atoms with Gasteiger partial charge in [-0.1, -0.05) is 13.8 Å². The molecule has 0 aromatic heterocycles. The van der Waals surface area contributed by atoms with Gasteiger partial charge in [0.15, 0.2) is 0 Å². The highest BCUT2D eigenvalue weighted by Gasteiger charge is 2.35. The topological polar surface area (TPSA) is 86.9 Å². The number of carbonyl (C=O) groups is 3. The van der Waals surface area contributed by atoms with E-state index < -0.39 is 5.91 Å². The van der Waals surface area contributed by atoms with E-state index in [1.807, 2.05) is 18.7 Å². The maximum absolute atomic E-state index is 12.4. The summed E-state index contributed by atoms with van der Waals surface area (Å²) in [4.78, 5) is 41.0. The van der Waals surface area contributed by atoms with Crippen LogP contribution in [0.15, 0.2) is 0 Å². The molecule has 0 spiro atoms. The van der Waals surface area contributed by atoms with Gasteiger partial charge in [-0.15, -0.1) is 0 Å². The normalized spacial score (nSPS) is 18.6. The summed E-state index contributed by atoms with van der Waals surface area (Å²) >= 11 is 0. The van der Waals surface area contributed by atoms with E-state index in [0.29, 0.717) is 38.6 Å². The lowest BCUT2D eigenvalue weighted by Crippen LogP contribution is -2.53. The van der Waals surface area contributed by atoms with Gasteiger partial charge in [-0.3, -0.25) is 19.3 Å². The number of piperazine rings is 1. The van der Waals surface area contributed by atoms with Crippen LogP contribution in [0.2, 0.25) is 0 Å². The predicted octanol–water partition coefficient (Wildman–Crippen LogP) is -0.489. The van der Waals surface area contributed by atoms with Crippen LogP contribution in [0.5, 0.6) is 0 Å². The Morgan fingerprint density at radius 2 is 1.61 bits per heavy atom. The van der Waals surface area contributed by atoms with Gasteiger partial charge < -0.3 is 15.5 Å². The number of amides is 3. The Bertz CT molecular complexity index is 454. The molecule has 0 aromatic rings. The molecule has 2 aliphatic rings. The Balaban J connectivity index is 1.80. The third kappa shape index (κ3) is 5.49. The number of nitrogens with zero attached hydrogens (tertiary/aromatic N) is 3. The second-order valence-corrected chi connectivity index (χ2v) is 7.01. The molecule has 2 rings (SSSR count). The molecule has 0 radical (unpaired) electrons. The number of hydrogen-bond acceptors (Lipinski definition) is 4. The van der Waals surface area contributed by atoms with Crippen molar-refractivity contribution in [2.45, 2.75) is 26.7 Å². The Kier molecular flexibility index (Phi) is 5.98. The molecule has 1 aliphatic carbocycles. The Labute approximate surface area is 137 Å². The van der Waals surface area contributed by atoms with E-state index in [1.54, 1.807) is 9.80 Å². The average Bonchev–Trinajstić information content (AvgIpc) is 3.29. The first-order chi connectivity index (χ1) is 10.9. The van der Waals surface area contributed by atoms with Crippen LogP contribution in [0, 0.1) is 11.8 Å². The highest BCUT2D eigenvalue weighted by Crippen LogP contribution is 2.31. The fraction of sp³-hybridized carbons (Fsp3) is 0.812. The van der Waals surface area contributed by atoms with Crippen LogP contribution in [0.25, 0.3) is 0 Å². The summed E-state index contributed by atoms with van der Waals surface area (Å²) in [6, 6.07) is 0. The molecule has 7 nitrogen and oxygen atoms in total. The number of primary amides is 1. The monoisotopic (exact) mass is 324 g/mol. The van der Waals surface area contributed by atoms with E-state index in [-0.39, 0.29) is 30.8 Å². The van der Waals surface area contributed by atoms with E-state index in [4.69, 9.17) is 5.73 Å². The Morgan fingerprint density at radius 3 is 2.09 bits per heavy atom. The second-order valence-electron chi connectivity index (χ2n) is 7.01. The van der Waals surface area contributed by atoms with E-state index in [1.165, 1.54) is 0 Å². The van der Waals surface area contributed by atoms with Crippen LogP contribution >= 0.6 is 0 Å². The number of carbonyl (C=O) groups excluding carboxylic acids is 3. The van der Waals surface area contributed by atoms with Crippen LogP contribution in [0.3, 0.4) is 0 Å². The molecule has 1 aliphatic heterocycles. The lowest BCUT2D eigenvalue weighted by molar-refractivity contribution is -0.141. The highest BCUT2D eigenvalue weighted by atomic mass is 16.2. The van der Waals surface area contributed by atoms with Gasteiger partial charge in [0.1, 0.15) is 0 Å². The molecular formula is C16H28N4O3. The van der Waals surface area contributed by atoms with E-state index in [0.717, 1.165) is 12.8 Å². The first-order valence-corrected chi connectivity index (χ1v) is 8.44. The number of hydrogen-bond donors (Lipinski definition) is 1. The summed E-state index contributed by atoms with van der Waals surface area (Å²) in [7, 11) is 0. The molecule has 1 saturated carbocycles. The molecule has 1 heterocycles. The Hall–Kier alpha value is -1.63. The van der Waals surface area contributed by atoms with E-state index in [2.05, 4.69) is 0 Å². The van der Waals surface area contributed by atoms with Crippen molar-refractivity contribution in [1.29, 1.82) is 0 Å². The average molecular weight is 324 g/mol. The van der Waals surface area contributed by atoms with E-state index >= 15 is 0 Å². The van der Waals surface area contributed by atoms with Gasteiger partial charge in [-0.25, -0.2) is 0 Å². The standard InChI is InChI=1S/C16H28N4O3/c1-12(2)9-18(10-14(17)21)11-15(22)19-5-7-20(8-6-19)16(23)13-3-4-13/h12-13H,3-11H2,1-2H3,(H2,17,21). The number of rotatable bonds is 7. The molecule has 0 aromatic carbocycles. The van der Waals surface area contributed by atoms with Crippen LogP contribution in [-0.2, 0) is 14.4 Å². The Morgan fingerprint density at radius 1 is 1.04 bits per heavy atom. The van der Waals surface area contributed by atoms with Crippen molar-refractivity contribution in [2.24, 2.45) is 17.6 Å². The van der Waals surface area contributed by atoms with E-state index in [9.17, 15) is 14.4 Å². The zero-order valence-electron chi connectivity index (χ0n) is 14.2. The van der Waals surface area contributed by atoms with Crippen LogP contribution in [-0.4, -0.2) is 78.2 Å². The smallest absolute Gasteiger partial charge is 0.236 e. The van der Waals surface area contributed by atoms with Gasteiger partial charge >= 0.3 is 0 Å². The van der Waals surface area contributed by atoms with Gasteiger partial charge in [-0.05, 0) is 18.8 Å². The minimum absolute atomic E-state index is 0.00502. The van der Waals surface area contributed by atoms with Crippen molar-refractivity contribution in [3.63, 3.8) is 0 Å². The zero-order valence-corrected chi connectivity index (χ0v) is 14.2. The quantitative estimate of drug-likeness (QED) is 0.685. The van der Waals surface area contributed by atoms with Crippen molar-refractivity contribution >= 4 is 17.7 Å². The zero-order chi connectivity index (χ0) is 17.0. The summed E-state index contributed by atoms with van der Waals surface area (Å²) in [6.07, 6.45) is 2.02. The minimum atomic E-state index is -0.418. The molecule has 23 heavy (non-hydrogen) atoms. The molecule has 2 fully saturated rings. The minimum Gasteiger partial charge on any atom is -0.369 e. The number of nitrogens with two attached hydrogens (primary N) is 1. The third-order valence-corrected chi connectivity index (χ3v) is 4.23. The summed E-state index contributed by atoms with van der Waals surface area (Å²) in [6.45, 7) is 7.42. The van der Waals surface area contributed by atoms with Crippen LogP contribution < -0.4 is 5.73 Å². The highest BCUT2D eigenvalue weighted by molar-refractivity contribution is 5.82. The lowest BCUT2D eigenvalue weighted by Gasteiger charge is -2.36. The molecule has 3 amide bonds. The summed E-state index contributed by atoms with van der Waals surface area (Å²) in [5, 5.41) is 0. The summed E-state index contributed by atoms with van der Waals surface area (Å²) in [5.74, 6) is 0.417. The van der Waals surface area contributed by atoms with Gasteiger partial charge in [0.25, 0.3) is 0 Å². The largest absolute Gasteiger partial charge is 0.369 e. The van der Waals surface area contributed by atoms with Crippen molar-refractivity contribution in [3.05, 3.63) is 0 Å². The molecule has 130 valence electrons. The molecule has 0 bridgehead atoms. The third-order valence-electron chi connectivity index (χ3n) is 4.23. The van der Waals surface area contributed by atoms with Crippen LogP contribution in [0.1, 0.15) is 26.7 Å². The first-order valence-electron chi connectivity index (χ1n) is 8.44. The van der Waals surface area contributed by atoms with Gasteiger partial charge in [0, 0.05) is 38.6 Å². The van der Waals surface area contributed by atoms with Crippen molar-refractivity contribution < 1.29 is 14.4 Å². The van der Waals surface area contributed by atoms with Gasteiger partial charge in [0.2, 0.25) is 17.7 Å². The summed E-state index contributed by atoms with van der Waals surface area (Å²) < 4.78 is 0. The molecule has 2 N–H and O–H groups in total. The predicted molar refractivity (Wildman–Crippen MR) is 86.4 cm³/mol. The second kappa shape index (κ2) is 7.77. The van der Waals surface area contributed by atoms with Crippen molar-refractivity contribution in [1.82, 2.24) is 14.7 Å². The van der Waals surface area contributed by atoms with Gasteiger partial charge in [-0.2, -0.15) is 0 Å². The SMILES string of the molecule is CC(C)CN(CC(N)=O)CC(=O)N1CCN(C(=O)C2CC2)CC1. The van der Waals surface area contributed by atoms with Crippen molar-refractivity contribution in [2.75, 3.05) is 45.8 Å². The van der Waals surface area contributed by atoms with Crippen LogP contribution in [0.4, 0.5) is 0 Å².